The smallest absolute Gasteiger partial charge is 0.225 e. The highest BCUT2D eigenvalue weighted by molar-refractivity contribution is 5.81. The largest absolute Gasteiger partial charge is 0.356 e. The molecule has 25 heavy (non-hydrogen) atoms. The fourth-order valence-electron chi connectivity index (χ4n) is 5.58. The van der Waals surface area contributed by atoms with Crippen molar-refractivity contribution in [2.24, 2.45) is 29.1 Å². The van der Waals surface area contributed by atoms with Crippen molar-refractivity contribution < 1.29 is 9.59 Å². The van der Waals surface area contributed by atoms with Crippen LogP contribution in [0.25, 0.3) is 0 Å². The Morgan fingerprint density at radius 1 is 1.04 bits per heavy atom. The number of carbonyl (C=O) groups excluding carboxylic acids is 2. The van der Waals surface area contributed by atoms with Crippen LogP contribution in [0.2, 0.25) is 0 Å². The molecule has 0 aromatic rings. The quantitative estimate of drug-likeness (QED) is 0.848. The van der Waals surface area contributed by atoms with Crippen LogP contribution in [0.4, 0.5) is 0 Å². The summed E-state index contributed by atoms with van der Waals surface area (Å²) in [6.45, 7) is 4.87. The number of likely N-dealkylation sites (tertiary alicyclic amines) is 1. The van der Waals surface area contributed by atoms with Crippen LogP contribution in [0.1, 0.15) is 71.1 Å². The van der Waals surface area contributed by atoms with Gasteiger partial charge in [-0.1, -0.05) is 13.3 Å². The Kier molecular flexibility index (Phi) is 4.81. The molecule has 3 saturated carbocycles. The second-order valence-electron chi connectivity index (χ2n) is 9.46. The minimum Gasteiger partial charge on any atom is -0.356 e. The van der Waals surface area contributed by atoms with E-state index < -0.39 is 0 Å². The summed E-state index contributed by atoms with van der Waals surface area (Å²) in [6.07, 6.45) is 11.4. The van der Waals surface area contributed by atoms with Crippen LogP contribution in [0.15, 0.2) is 0 Å². The third kappa shape index (κ3) is 3.59. The number of hydrogen-bond acceptors (Lipinski definition) is 2. The van der Waals surface area contributed by atoms with Gasteiger partial charge in [-0.15, -0.1) is 0 Å². The van der Waals surface area contributed by atoms with Gasteiger partial charge in [0.05, 0.1) is 0 Å². The van der Waals surface area contributed by atoms with Crippen molar-refractivity contribution in [3.8, 4) is 0 Å². The van der Waals surface area contributed by atoms with E-state index in [9.17, 15) is 9.59 Å². The highest BCUT2D eigenvalue weighted by Gasteiger charge is 2.51. The Morgan fingerprint density at radius 2 is 1.80 bits per heavy atom. The van der Waals surface area contributed by atoms with Gasteiger partial charge in [0.1, 0.15) is 0 Å². The van der Waals surface area contributed by atoms with Crippen LogP contribution in [0, 0.1) is 29.1 Å². The number of nitrogens with zero attached hydrogens (tertiary/aromatic N) is 1. The summed E-state index contributed by atoms with van der Waals surface area (Å²) >= 11 is 0. The molecule has 2 atom stereocenters. The van der Waals surface area contributed by atoms with E-state index in [0.717, 1.165) is 70.0 Å². The minimum absolute atomic E-state index is 0.0747. The second-order valence-corrected chi connectivity index (χ2v) is 9.46. The first-order valence-electron chi connectivity index (χ1n) is 10.6. The third-order valence-electron chi connectivity index (χ3n) is 7.55. The van der Waals surface area contributed by atoms with Crippen molar-refractivity contribution in [3.63, 3.8) is 0 Å². The van der Waals surface area contributed by atoms with Crippen LogP contribution in [-0.2, 0) is 9.59 Å². The standard InChI is InChI=1S/C21H34N2O2/c1-15-4-8-17(9-5-15)20(25)23-12-11-21(14-23)10-2-3-18(21)19(24)22-13-16-6-7-16/h15-18H,2-14H2,1H3,(H,22,24)/t15?,17?,18-,21+/m1/s1. The lowest BCUT2D eigenvalue weighted by Gasteiger charge is -2.32. The Morgan fingerprint density at radius 3 is 2.52 bits per heavy atom. The molecule has 1 saturated heterocycles. The average molecular weight is 347 g/mol. The lowest BCUT2D eigenvalue weighted by atomic mass is 9.76. The van der Waals surface area contributed by atoms with Gasteiger partial charge in [0.25, 0.3) is 0 Å². The lowest BCUT2D eigenvalue weighted by molar-refractivity contribution is -0.137. The molecule has 4 aliphatic rings. The molecule has 2 amide bonds. The molecule has 1 N–H and O–H groups in total. The number of hydrogen-bond donors (Lipinski definition) is 1. The first-order chi connectivity index (χ1) is 12.1. The monoisotopic (exact) mass is 346 g/mol. The molecule has 1 aliphatic heterocycles. The fraction of sp³-hybridized carbons (Fsp3) is 0.905. The zero-order valence-electron chi connectivity index (χ0n) is 15.8. The maximum Gasteiger partial charge on any atom is 0.225 e. The van der Waals surface area contributed by atoms with Gasteiger partial charge < -0.3 is 10.2 Å². The van der Waals surface area contributed by atoms with Crippen LogP contribution < -0.4 is 5.32 Å². The SMILES string of the molecule is CC1CCC(C(=O)N2CC[C@@]3(CCC[C@@H]3C(=O)NCC3CC3)C2)CC1. The maximum absolute atomic E-state index is 13.0. The number of rotatable bonds is 4. The highest BCUT2D eigenvalue weighted by Crippen LogP contribution is 2.50. The Balaban J connectivity index is 1.36. The van der Waals surface area contributed by atoms with Crippen LogP contribution >= 0.6 is 0 Å². The maximum atomic E-state index is 13.0. The van der Waals surface area contributed by atoms with Crippen molar-refractivity contribution in [3.05, 3.63) is 0 Å². The van der Waals surface area contributed by atoms with E-state index in [4.69, 9.17) is 0 Å². The van der Waals surface area contributed by atoms with Gasteiger partial charge in [-0.25, -0.2) is 0 Å². The third-order valence-corrected chi connectivity index (χ3v) is 7.55. The van der Waals surface area contributed by atoms with Crippen molar-refractivity contribution in [1.82, 2.24) is 10.2 Å². The molecule has 0 radical (unpaired) electrons. The van der Waals surface area contributed by atoms with E-state index in [0.29, 0.717) is 5.91 Å². The molecule has 4 heteroatoms. The zero-order chi connectivity index (χ0) is 17.4. The molecule has 0 aromatic carbocycles. The molecule has 140 valence electrons. The van der Waals surface area contributed by atoms with Crippen LogP contribution in [0.5, 0.6) is 0 Å². The molecule has 0 bridgehead atoms. The second kappa shape index (κ2) is 6.92. The van der Waals surface area contributed by atoms with E-state index >= 15 is 0 Å². The predicted molar refractivity (Wildman–Crippen MR) is 97.8 cm³/mol. The van der Waals surface area contributed by atoms with E-state index in [1.54, 1.807) is 0 Å². The summed E-state index contributed by atoms with van der Waals surface area (Å²) in [4.78, 5) is 27.8. The van der Waals surface area contributed by atoms with Crippen LogP contribution in [0.3, 0.4) is 0 Å². The number of amides is 2. The van der Waals surface area contributed by atoms with Gasteiger partial charge in [-0.05, 0) is 69.6 Å². The molecule has 3 aliphatic carbocycles. The molecule has 4 fully saturated rings. The van der Waals surface area contributed by atoms with Gasteiger partial charge in [0, 0.05) is 36.9 Å². The summed E-state index contributed by atoms with van der Waals surface area (Å²) in [5.74, 6) is 2.54. The molecule has 0 aromatic heterocycles. The first kappa shape index (κ1) is 17.4. The minimum atomic E-state index is 0.0747. The molecule has 4 rings (SSSR count). The molecule has 4 nitrogen and oxygen atoms in total. The van der Waals surface area contributed by atoms with E-state index in [-0.39, 0.29) is 23.2 Å². The molecule has 1 spiro atoms. The van der Waals surface area contributed by atoms with Crippen molar-refractivity contribution in [2.75, 3.05) is 19.6 Å². The summed E-state index contributed by atoms with van der Waals surface area (Å²) in [7, 11) is 0. The van der Waals surface area contributed by atoms with Crippen molar-refractivity contribution in [2.45, 2.75) is 71.1 Å². The Bertz CT molecular complexity index is 522. The van der Waals surface area contributed by atoms with Gasteiger partial charge in [-0.3, -0.25) is 9.59 Å². The predicted octanol–water partition coefficient (Wildman–Crippen LogP) is 3.36. The van der Waals surface area contributed by atoms with E-state index in [1.807, 2.05) is 0 Å². The Hall–Kier alpha value is -1.06. The number of carbonyl (C=O) groups is 2. The zero-order valence-corrected chi connectivity index (χ0v) is 15.8. The summed E-state index contributed by atoms with van der Waals surface area (Å²) in [5, 5.41) is 3.21. The Labute approximate surface area is 152 Å². The highest BCUT2D eigenvalue weighted by atomic mass is 16.2. The summed E-state index contributed by atoms with van der Waals surface area (Å²) < 4.78 is 0. The van der Waals surface area contributed by atoms with Gasteiger partial charge >= 0.3 is 0 Å². The molecular weight excluding hydrogens is 312 g/mol. The van der Waals surface area contributed by atoms with Crippen molar-refractivity contribution in [1.29, 1.82) is 0 Å². The van der Waals surface area contributed by atoms with Crippen molar-refractivity contribution >= 4 is 11.8 Å². The normalized spacial score (nSPS) is 38.3. The molecule has 0 unspecified atom stereocenters. The lowest BCUT2D eigenvalue weighted by Crippen LogP contribution is -2.43. The molecule has 1 heterocycles. The van der Waals surface area contributed by atoms with Gasteiger partial charge in [-0.2, -0.15) is 0 Å². The molecular formula is C21H34N2O2. The fourth-order valence-corrected chi connectivity index (χ4v) is 5.58. The summed E-state index contributed by atoms with van der Waals surface area (Å²) in [6, 6.07) is 0. The van der Waals surface area contributed by atoms with Crippen LogP contribution in [-0.4, -0.2) is 36.3 Å². The van der Waals surface area contributed by atoms with Gasteiger partial charge in [0.2, 0.25) is 11.8 Å². The average Bonchev–Trinajstić information content (AvgIpc) is 3.22. The van der Waals surface area contributed by atoms with Gasteiger partial charge in [0.15, 0.2) is 0 Å². The van der Waals surface area contributed by atoms with E-state index in [1.165, 1.54) is 25.7 Å². The van der Waals surface area contributed by atoms with E-state index in [2.05, 4.69) is 17.1 Å². The summed E-state index contributed by atoms with van der Waals surface area (Å²) in [5.41, 5.74) is 0.0747. The first-order valence-corrected chi connectivity index (χ1v) is 10.6. The topological polar surface area (TPSA) is 49.4 Å². The number of nitrogens with one attached hydrogen (secondary N) is 1.